The molecule has 0 aromatic heterocycles. The van der Waals surface area contributed by atoms with Crippen molar-refractivity contribution in [2.45, 2.75) is 19.4 Å². The number of nitrogens with two attached hydrogens (primary N) is 1. The lowest BCUT2D eigenvalue weighted by molar-refractivity contribution is 0.112. The Kier molecular flexibility index (Phi) is 2.38. The van der Waals surface area contributed by atoms with E-state index in [9.17, 15) is 9.90 Å². The van der Waals surface area contributed by atoms with Crippen molar-refractivity contribution in [3.8, 4) is 5.75 Å². The standard InChI is InChI=1S/C10H13NO2/c1-10(2,11)9-5-8(13)4-3-7(9)6-12/h3-6,13H,11H2,1-2H3. The Labute approximate surface area is 77.2 Å². The Hall–Kier alpha value is -1.35. The maximum atomic E-state index is 10.6. The van der Waals surface area contributed by atoms with Crippen LogP contribution in [0.15, 0.2) is 18.2 Å². The van der Waals surface area contributed by atoms with Crippen molar-refractivity contribution in [3.63, 3.8) is 0 Å². The number of phenols is 1. The Morgan fingerprint density at radius 1 is 1.46 bits per heavy atom. The molecule has 0 heterocycles. The van der Waals surface area contributed by atoms with Crippen LogP contribution < -0.4 is 5.73 Å². The summed E-state index contributed by atoms with van der Waals surface area (Å²) in [6, 6.07) is 4.55. The molecule has 0 aliphatic rings. The molecule has 0 fully saturated rings. The van der Waals surface area contributed by atoms with E-state index in [1.807, 2.05) is 0 Å². The highest BCUT2D eigenvalue weighted by atomic mass is 16.3. The van der Waals surface area contributed by atoms with Gasteiger partial charge in [0.2, 0.25) is 0 Å². The van der Waals surface area contributed by atoms with Gasteiger partial charge in [-0.1, -0.05) is 0 Å². The zero-order valence-electron chi connectivity index (χ0n) is 7.74. The lowest BCUT2D eigenvalue weighted by Crippen LogP contribution is -2.29. The van der Waals surface area contributed by atoms with E-state index < -0.39 is 5.54 Å². The van der Waals surface area contributed by atoms with Gasteiger partial charge in [-0.3, -0.25) is 4.79 Å². The van der Waals surface area contributed by atoms with Gasteiger partial charge in [0.15, 0.2) is 0 Å². The number of aldehydes is 1. The molecule has 1 aromatic rings. The molecule has 3 N–H and O–H groups in total. The molecule has 0 aliphatic heterocycles. The third kappa shape index (κ3) is 2.06. The maximum absolute atomic E-state index is 10.6. The molecule has 0 radical (unpaired) electrons. The molecule has 0 amide bonds. The average molecular weight is 179 g/mol. The van der Waals surface area contributed by atoms with E-state index in [4.69, 9.17) is 5.73 Å². The normalized spacial score (nSPS) is 11.3. The molecule has 0 bridgehead atoms. The maximum Gasteiger partial charge on any atom is 0.150 e. The van der Waals surface area contributed by atoms with Crippen LogP contribution in [0, 0.1) is 0 Å². The van der Waals surface area contributed by atoms with Gasteiger partial charge in [-0.05, 0) is 37.6 Å². The first-order valence-corrected chi connectivity index (χ1v) is 4.02. The predicted octanol–water partition coefficient (Wildman–Crippen LogP) is 1.40. The molecular formula is C10H13NO2. The monoisotopic (exact) mass is 179 g/mol. The van der Waals surface area contributed by atoms with Gasteiger partial charge in [-0.25, -0.2) is 0 Å². The molecule has 0 atom stereocenters. The third-order valence-electron chi connectivity index (χ3n) is 1.86. The molecule has 0 aliphatic carbocycles. The van der Waals surface area contributed by atoms with Gasteiger partial charge in [0, 0.05) is 11.1 Å². The summed E-state index contributed by atoms with van der Waals surface area (Å²) in [6.07, 6.45) is 0.739. The van der Waals surface area contributed by atoms with Crippen LogP contribution in [0.1, 0.15) is 29.8 Å². The van der Waals surface area contributed by atoms with Crippen LogP contribution in [0.5, 0.6) is 5.75 Å². The number of carbonyl (C=O) groups excluding carboxylic acids is 1. The number of rotatable bonds is 2. The fraction of sp³-hybridized carbons (Fsp3) is 0.300. The van der Waals surface area contributed by atoms with E-state index in [0.717, 1.165) is 6.29 Å². The quantitative estimate of drug-likeness (QED) is 0.674. The Morgan fingerprint density at radius 2 is 2.08 bits per heavy atom. The highest BCUT2D eigenvalue weighted by molar-refractivity contribution is 5.78. The molecule has 3 nitrogen and oxygen atoms in total. The number of benzene rings is 1. The van der Waals surface area contributed by atoms with Gasteiger partial charge in [-0.2, -0.15) is 0 Å². The highest BCUT2D eigenvalue weighted by Crippen LogP contribution is 2.24. The number of hydrogen-bond donors (Lipinski definition) is 2. The first-order valence-electron chi connectivity index (χ1n) is 4.02. The van der Waals surface area contributed by atoms with Crippen LogP contribution in [0.2, 0.25) is 0 Å². The molecule has 0 unspecified atom stereocenters. The summed E-state index contributed by atoms with van der Waals surface area (Å²) >= 11 is 0. The highest BCUT2D eigenvalue weighted by Gasteiger charge is 2.18. The average Bonchev–Trinajstić information content (AvgIpc) is 2.03. The summed E-state index contributed by atoms with van der Waals surface area (Å²) < 4.78 is 0. The second-order valence-electron chi connectivity index (χ2n) is 3.61. The fourth-order valence-corrected chi connectivity index (χ4v) is 1.21. The minimum Gasteiger partial charge on any atom is -0.508 e. The Bertz CT molecular complexity index is 326. The largest absolute Gasteiger partial charge is 0.508 e. The first-order chi connectivity index (χ1) is 5.95. The van der Waals surface area contributed by atoms with E-state index >= 15 is 0 Å². The van der Waals surface area contributed by atoms with Gasteiger partial charge in [-0.15, -0.1) is 0 Å². The summed E-state index contributed by atoms with van der Waals surface area (Å²) in [7, 11) is 0. The van der Waals surface area contributed by atoms with Crippen LogP contribution in [-0.2, 0) is 5.54 Å². The Morgan fingerprint density at radius 3 is 2.54 bits per heavy atom. The van der Waals surface area contributed by atoms with Crippen molar-refractivity contribution in [1.82, 2.24) is 0 Å². The van der Waals surface area contributed by atoms with Gasteiger partial charge in [0.25, 0.3) is 0 Å². The topological polar surface area (TPSA) is 63.3 Å². The SMILES string of the molecule is CC(C)(N)c1cc(O)ccc1C=O. The zero-order chi connectivity index (χ0) is 10.1. The van der Waals surface area contributed by atoms with E-state index in [2.05, 4.69) is 0 Å². The summed E-state index contributed by atoms with van der Waals surface area (Å²) in [6.45, 7) is 3.57. The lowest BCUT2D eigenvalue weighted by atomic mass is 9.91. The molecule has 3 heteroatoms. The van der Waals surface area contributed by atoms with Crippen LogP contribution >= 0.6 is 0 Å². The summed E-state index contributed by atoms with van der Waals surface area (Å²) in [5.41, 5.74) is 6.39. The van der Waals surface area contributed by atoms with Crippen molar-refractivity contribution in [3.05, 3.63) is 29.3 Å². The smallest absolute Gasteiger partial charge is 0.150 e. The number of carbonyl (C=O) groups is 1. The van der Waals surface area contributed by atoms with Crippen molar-refractivity contribution in [2.75, 3.05) is 0 Å². The van der Waals surface area contributed by atoms with Gasteiger partial charge < -0.3 is 10.8 Å². The Balaban J connectivity index is 3.32. The zero-order valence-corrected chi connectivity index (χ0v) is 7.74. The molecule has 0 saturated carbocycles. The molecule has 0 spiro atoms. The molecule has 70 valence electrons. The molecule has 1 aromatic carbocycles. The summed E-state index contributed by atoms with van der Waals surface area (Å²) in [4.78, 5) is 10.6. The molecule has 0 saturated heterocycles. The van der Waals surface area contributed by atoms with Gasteiger partial charge in [0.1, 0.15) is 12.0 Å². The van der Waals surface area contributed by atoms with Crippen molar-refractivity contribution in [1.29, 1.82) is 0 Å². The van der Waals surface area contributed by atoms with E-state index in [1.165, 1.54) is 12.1 Å². The van der Waals surface area contributed by atoms with Crippen molar-refractivity contribution in [2.24, 2.45) is 5.73 Å². The van der Waals surface area contributed by atoms with Crippen molar-refractivity contribution >= 4 is 6.29 Å². The van der Waals surface area contributed by atoms with Crippen molar-refractivity contribution < 1.29 is 9.90 Å². The van der Waals surface area contributed by atoms with Gasteiger partial charge >= 0.3 is 0 Å². The molecule has 13 heavy (non-hydrogen) atoms. The van der Waals surface area contributed by atoms with E-state index in [1.54, 1.807) is 19.9 Å². The molecule has 1 rings (SSSR count). The minimum absolute atomic E-state index is 0.124. The van der Waals surface area contributed by atoms with Gasteiger partial charge in [0.05, 0.1) is 0 Å². The second-order valence-corrected chi connectivity index (χ2v) is 3.61. The lowest BCUT2D eigenvalue weighted by Gasteiger charge is -2.21. The molecular weight excluding hydrogens is 166 g/mol. The third-order valence-corrected chi connectivity index (χ3v) is 1.86. The van der Waals surface area contributed by atoms with E-state index in [0.29, 0.717) is 11.1 Å². The fourth-order valence-electron chi connectivity index (χ4n) is 1.21. The number of aromatic hydroxyl groups is 1. The van der Waals surface area contributed by atoms with Crippen LogP contribution in [0.4, 0.5) is 0 Å². The van der Waals surface area contributed by atoms with Crippen LogP contribution in [0.25, 0.3) is 0 Å². The second kappa shape index (κ2) is 3.18. The van der Waals surface area contributed by atoms with Crippen LogP contribution in [-0.4, -0.2) is 11.4 Å². The number of phenolic OH excluding ortho intramolecular Hbond substituents is 1. The summed E-state index contributed by atoms with van der Waals surface area (Å²) in [5, 5.41) is 9.22. The first kappa shape index (κ1) is 9.74. The number of hydrogen-bond acceptors (Lipinski definition) is 3. The van der Waals surface area contributed by atoms with E-state index in [-0.39, 0.29) is 5.75 Å². The predicted molar refractivity (Wildman–Crippen MR) is 50.7 cm³/mol. The summed E-state index contributed by atoms with van der Waals surface area (Å²) in [5.74, 6) is 0.124. The van der Waals surface area contributed by atoms with Crippen LogP contribution in [0.3, 0.4) is 0 Å². The minimum atomic E-state index is -0.616.